The first kappa shape index (κ1) is 11.0. The first-order valence-electron chi connectivity index (χ1n) is 4.79. The summed E-state index contributed by atoms with van der Waals surface area (Å²) in [6.45, 7) is 3.96. The van der Waals surface area contributed by atoms with Crippen molar-refractivity contribution in [2.75, 3.05) is 6.54 Å². The van der Waals surface area contributed by atoms with E-state index in [1.807, 2.05) is 18.2 Å². The SMILES string of the molecule is C=CCNC(=O)c1cc2c(Br)cccc2o1. The van der Waals surface area contributed by atoms with Gasteiger partial charge in [0, 0.05) is 16.4 Å². The second-order valence-electron chi connectivity index (χ2n) is 3.26. The predicted molar refractivity (Wildman–Crippen MR) is 66.4 cm³/mol. The van der Waals surface area contributed by atoms with Crippen LogP contribution < -0.4 is 5.32 Å². The van der Waals surface area contributed by atoms with Crippen molar-refractivity contribution < 1.29 is 9.21 Å². The van der Waals surface area contributed by atoms with Crippen LogP contribution in [0.1, 0.15) is 10.6 Å². The lowest BCUT2D eigenvalue weighted by Gasteiger charge is -1.96. The van der Waals surface area contributed by atoms with E-state index in [1.165, 1.54) is 0 Å². The van der Waals surface area contributed by atoms with Crippen LogP contribution in [-0.2, 0) is 0 Å². The summed E-state index contributed by atoms with van der Waals surface area (Å²) in [5, 5.41) is 3.56. The number of furan rings is 1. The molecule has 0 atom stereocenters. The van der Waals surface area contributed by atoms with Crippen LogP contribution in [0.2, 0.25) is 0 Å². The van der Waals surface area contributed by atoms with E-state index >= 15 is 0 Å². The molecule has 4 heteroatoms. The molecule has 16 heavy (non-hydrogen) atoms. The predicted octanol–water partition coefficient (Wildman–Crippen LogP) is 3.11. The Kier molecular flexibility index (Phi) is 3.10. The van der Waals surface area contributed by atoms with Crippen LogP contribution in [0.15, 0.2) is 45.8 Å². The van der Waals surface area contributed by atoms with Gasteiger partial charge >= 0.3 is 0 Å². The lowest BCUT2D eigenvalue weighted by molar-refractivity contribution is 0.0932. The molecule has 2 rings (SSSR count). The van der Waals surface area contributed by atoms with Crippen LogP contribution in [0.3, 0.4) is 0 Å². The molecule has 1 aromatic heterocycles. The van der Waals surface area contributed by atoms with E-state index < -0.39 is 0 Å². The van der Waals surface area contributed by atoms with Gasteiger partial charge in [-0.2, -0.15) is 0 Å². The third-order valence-corrected chi connectivity index (χ3v) is 2.83. The van der Waals surface area contributed by atoms with Gasteiger partial charge in [0.25, 0.3) is 5.91 Å². The Bertz CT molecular complexity index is 545. The van der Waals surface area contributed by atoms with E-state index in [0.29, 0.717) is 17.9 Å². The molecular formula is C12H10BrNO2. The van der Waals surface area contributed by atoms with Crippen molar-refractivity contribution >= 4 is 32.8 Å². The van der Waals surface area contributed by atoms with E-state index in [-0.39, 0.29) is 5.91 Å². The molecule has 0 saturated carbocycles. The molecule has 82 valence electrons. The second-order valence-corrected chi connectivity index (χ2v) is 4.12. The molecule has 1 amide bonds. The van der Waals surface area contributed by atoms with Crippen molar-refractivity contribution in [2.24, 2.45) is 0 Å². The summed E-state index contributed by atoms with van der Waals surface area (Å²) < 4.78 is 6.34. The standard InChI is InChI=1S/C12H10BrNO2/c1-2-6-14-12(15)11-7-8-9(13)4-3-5-10(8)16-11/h2-5,7H,1,6H2,(H,14,15). The highest BCUT2D eigenvalue weighted by Gasteiger charge is 2.12. The molecular weight excluding hydrogens is 270 g/mol. The van der Waals surface area contributed by atoms with Gasteiger partial charge in [-0.05, 0) is 18.2 Å². The van der Waals surface area contributed by atoms with Crippen molar-refractivity contribution in [2.45, 2.75) is 0 Å². The maximum Gasteiger partial charge on any atom is 0.287 e. The number of carbonyl (C=O) groups is 1. The van der Waals surface area contributed by atoms with Crippen LogP contribution in [0, 0.1) is 0 Å². The molecule has 1 heterocycles. The summed E-state index contributed by atoms with van der Waals surface area (Å²) in [7, 11) is 0. The lowest BCUT2D eigenvalue weighted by atomic mass is 10.2. The molecule has 0 aliphatic rings. The van der Waals surface area contributed by atoms with E-state index in [2.05, 4.69) is 27.8 Å². The number of hydrogen-bond donors (Lipinski definition) is 1. The minimum absolute atomic E-state index is 0.233. The molecule has 0 aliphatic carbocycles. The van der Waals surface area contributed by atoms with Crippen molar-refractivity contribution in [3.63, 3.8) is 0 Å². The summed E-state index contributed by atoms with van der Waals surface area (Å²) in [6, 6.07) is 7.31. The second kappa shape index (κ2) is 4.53. The van der Waals surface area contributed by atoms with Crippen molar-refractivity contribution in [1.82, 2.24) is 5.32 Å². The molecule has 0 radical (unpaired) electrons. The number of hydrogen-bond acceptors (Lipinski definition) is 2. The van der Waals surface area contributed by atoms with Gasteiger partial charge in [0.05, 0.1) is 0 Å². The average Bonchev–Trinajstić information content (AvgIpc) is 2.71. The Hall–Kier alpha value is -1.55. The van der Waals surface area contributed by atoms with Crippen LogP contribution in [-0.4, -0.2) is 12.5 Å². The Labute approximate surface area is 101 Å². The third kappa shape index (κ3) is 2.02. The molecule has 3 nitrogen and oxygen atoms in total. The first-order valence-corrected chi connectivity index (χ1v) is 5.59. The van der Waals surface area contributed by atoms with Gasteiger partial charge in [0.15, 0.2) is 5.76 Å². The first-order chi connectivity index (χ1) is 7.72. The zero-order valence-corrected chi connectivity index (χ0v) is 10.1. The normalized spacial score (nSPS) is 10.3. The minimum Gasteiger partial charge on any atom is -0.451 e. The molecule has 1 aromatic carbocycles. The van der Waals surface area contributed by atoms with Gasteiger partial charge in [-0.25, -0.2) is 0 Å². The Balaban J connectivity index is 2.36. The highest BCUT2D eigenvalue weighted by atomic mass is 79.9. The lowest BCUT2D eigenvalue weighted by Crippen LogP contribution is -2.22. The summed E-state index contributed by atoms with van der Waals surface area (Å²) in [5.41, 5.74) is 0.693. The monoisotopic (exact) mass is 279 g/mol. The van der Waals surface area contributed by atoms with Gasteiger partial charge in [-0.3, -0.25) is 4.79 Å². The molecule has 2 aromatic rings. The van der Waals surface area contributed by atoms with Gasteiger partial charge in [0.2, 0.25) is 0 Å². The Morgan fingerprint density at radius 3 is 3.06 bits per heavy atom. The molecule has 0 saturated heterocycles. The largest absolute Gasteiger partial charge is 0.451 e. The average molecular weight is 280 g/mol. The summed E-state index contributed by atoms with van der Waals surface area (Å²) in [5.74, 6) is 0.0757. The summed E-state index contributed by atoms with van der Waals surface area (Å²) in [6.07, 6.45) is 1.62. The molecule has 0 bridgehead atoms. The van der Waals surface area contributed by atoms with Gasteiger partial charge in [0.1, 0.15) is 5.58 Å². The molecule has 0 fully saturated rings. The fourth-order valence-corrected chi connectivity index (χ4v) is 1.85. The van der Waals surface area contributed by atoms with E-state index in [4.69, 9.17) is 4.42 Å². The molecule has 1 N–H and O–H groups in total. The van der Waals surface area contributed by atoms with E-state index in [9.17, 15) is 4.79 Å². The van der Waals surface area contributed by atoms with Gasteiger partial charge in [-0.1, -0.05) is 28.1 Å². The number of fused-ring (bicyclic) bond motifs is 1. The van der Waals surface area contributed by atoms with Crippen LogP contribution in [0.4, 0.5) is 0 Å². The fraction of sp³-hybridized carbons (Fsp3) is 0.0833. The maximum atomic E-state index is 11.6. The van der Waals surface area contributed by atoms with Crippen LogP contribution >= 0.6 is 15.9 Å². The zero-order chi connectivity index (χ0) is 11.5. The van der Waals surface area contributed by atoms with Gasteiger partial charge < -0.3 is 9.73 Å². The smallest absolute Gasteiger partial charge is 0.287 e. The number of benzene rings is 1. The maximum absolute atomic E-state index is 11.6. The third-order valence-electron chi connectivity index (χ3n) is 2.14. The highest BCUT2D eigenvalue weighted by molar-refractivity contribution is 9.10. The summed E-state index contributed by atoms with van der Waals surface area (Å²) >= 11 is 3.40. The highest BCUT2D eigenvalue weighted by Crippen LogP contribution is 2.26. The molecule has 0 unspecified atom stereocenters. The van der Waals surface area contributed by atoms with Crippen molar-refractivity contribution in [1.29, 1.82) is 0 Å². The minimum atomic E-state index is -0.233. The number of rotatable bonds is 3. The van der Waals surface area contributed by atoms with E-state index in [0.717, 1.165) is 9.86 Å². The number of amides is 1. The van der Waals surface area contributed by atoms with Crippen molar-refractivity contribution in [3.8, 4) is 0 Å². The number of nitrogens with one attached hydrogen (secondary N) is 1. The molecule has 0 aliphatic heterocycles. The van der Waals surface area contributed by atoms with Crippen LogP contribution in [0.25, 0.3) is 11.0 Å². The van der Waals surface area contributed by atoms with Crippen LogP contribution in [0.5, 0.6) is 0 Å². The number of halogens is 1. The Morgan fingerprint density at radius 2 is 2.38 bits per heavy atom. The van der Waals surface area contributed by atoms with Crippen molar-refractivity contribution in [3.05, 3.63) is 47.2 Å². The zero-order valence-electron chi connectivity index (χ0n) is 8.50. The summed E-state index contributed by atoms with van der Waals surface area (Å²) in [4.78, 5) is 11.6. The molecule has 0 spiro atoms. The topological polar surface area (TPSA) is 42.2 Å². The van der Waals surface area contributed by atoms with E-state index in [1.54, 1.807) is 12.1 Å². The Morgan fingerprint density at radius 1 is 1.56 bits per heavy atom. The number of carbonyl (C=O) groups excluding carboxylic acids is 1. The quantitative estimate of drug-likeness (QED) is 0.878. The van der Waals surface area contributed by atoms with Gasteiger partial charge in [-0.15, -0.1) is 6.58 Å². The fourth-order valence-electron chi connectivity index (χ4n) is 1.39.